The van der Waals surface area contributed by atoms with Crippen LogP contribution in [0.15, 0.2) is 11.1 Å². The van der Waals surface area contributed by atoms with E-state index in [9.17, 15) is 14.4 Å². The molecule has 1 atom stereocenters. The van der Waals surface area contributed by atoms with Gasteiger partial charge in [-0.25, -0.2) is 9.78 Å². The lowest BCUT2D eigenvalue weighted by Gasteiger charge is -2.21. The maximum Gasteiger partial charge on any atom is 0.348 e. The predicted octanol–water partition coefficient (Wildman–Crippen LogP) is 4.26. The number of carbonyl (C=O) groups excluding carboxylic acids is 2. The van der Waals surface area contributed by atoms with Gasteiger partial charge < -0.3 is 4.74 Å². The van der Waals surface area contributed by atoms with Gasteiger partial charge in [-0.15, -0.1) is 21.5 Å². The van der Waals surface area contributed by atoms with Crippen molar-refractivity contribution < 1.29 is 14.3 Å². The summed E-state index contributed by atoms with van der Waals surface area (Å²) < 4.78 is 7.03. The molecule has 3 aromatic rings. The van der Waals surface area contributed by atoms with Crippen molar-refractivity contribution in [3.63, 3.8) is 0 Å². The number of rotatable bonds is 7. The average Bonchev–Trinajstić information content (AvgIpc) is 3.40. The van der Waals surface area contributed by atoms with E-state index in [1.54, 1.807) is 6.92 Å². The van der Waals surface area contributed by atoms with Crippen molar-refractivity contribution >= 4 is 49.9 Å². The van der Waals surface area contributed by atoms with Gasteiger partial charge in [-0.05, 0) is 51.0 Å². The number of hydrogen-bond acceptors (Lipinski definition) is 9. The van der Waals surface area contributed by atoms with Gasteiger partial charge in [0, 0.05) is 0 Å². The molecule has 9 nitrogen and oxygen atoms in total. The van der Waals surface area contributed by atoms with Crippen LogP contribution in [-0.4, -0.2) is 37.7 Å². The Kier molecular flexibility index (Phi) is 7.18. The number of anilines is 1. The zero-order valence-corrected chi connectivity index (χ0v) is 20.6. The lowest BCUT2D eigenvalue weighted by Crippen LogP contribution is -2.33. The van der Waals surface area contributed by atoms with Crippen LogP contribution in [0, 0.1) is 6.92 Å². The van der Waals surface area contributed by atoms with Gasteiger partial charge in [-0.1, -0.05) is 31.6 Å². The van der Waals surface area contributed by atoms with Crippen LogP contribution in [0.1, 0.15) is 78.7 Å². The fraction of sp³-hybridized carbons (Fsp3) is 0.545. The molecule has 0 spiro atoms. The molecule has 4 rings (SSSR count). The second-order valence-electron chi connectivity index (χ2n) is 8.13. The first kappa shape index (κ1) is 23.5. The van der Waals surface area contributed by atoms with Crippen LogP contribution in [-0.2, 0) is 16.0 Å². The van der Waals surface area contributed by atoms with Gasteiger partial charge in [-0.2, -0.15) is 0 Å². The van der Waals surface area contributed by atoms with Crippen molar-refractivity contribution in [2.45, 2.75) is 77.9 Å². The van der Waals surface area contributed by atoms with E-state index < -0.39 is 12.0 Å². The highest BCUT2D eigenvalue weighted by Gasteiger charge is 2.27. The van der Waals surface area contributed by atoms with E-state index in [1.165, 1.54) is 28.7 Å². The van der Waals surface area contributed by atoms with Crippen LogP contribution in [0.2, 0.25) is 0 Å². The minimum absolute atomic E-state index is 0.0674. The van der Waals surface area contributed by atoms with Crippen molar-refractivity contribution in [2.75, 3.05) is 5.32 Å². The minimum Gasteiger partial charge on any atom is -0.458 e. The molecule has 1 aliphatic carbocycles. The number of aromatic nitrogens is 4. The summed E-state index contributed by atoms with van der Waals surface area (Å²) in [4.78, 5) is 44.3. The maximum atomic E-state index is 13.4. The Bertz CT molecular complexity index is 1230. The lowest BCUT2D eigenvalue weighted by atomic mass is 9.98. The smallest absolute Gasteiger partial charge is 0.348 e. The van der Waals surface area contributed by atoms with Gasteiger partial charge in [0.05, 0.1) is 11.7 Å². The van der Waals surface area contributed by atoms with Crippen LogP contribution in [0.4, 0.5) is 5.13 Å². The largest absolute Gasteiger partial charge is 0.458 e. The van der Waals surface area contributed by atoms with Gasteiger partial charge in [0.15, 0.2) is 0 Å². The molecule has 1 unspecified atom stereocenters. The standard InChI is InChI=1S/C22H27N5O4S2/c1-4-14(18(28)24-22-26-25-15(5-2)32-22)27-11-23-19-16(20(27)29)12(3)17(33-19)21(30)31-13-9-7-6-8-10-13/h11,13-14H,4-10H2,1-3H3,(H,24,26,28). The Morgan fingerprint density at radius 2 is 1.97 bits per heavy atom. The van der Waals surface area contributed by atoms with E-state index in [1.807, 2.05) is 13.8 Å². The molecular weight excluding hydrogens is 462 g/mol. The van der Waals surface area contributed by atoms with Gasteiger partial charge in [0.2, 0.25) is 11.0 Å². The number of ether oxygens (including phenoxy) is 1. The van der Waals surface area contributed by atoms with Crippen molar-refractivity contribution in [3.8, 4) is 0 Å². The third kappa shape index (κ3) is 4.84. The summed E-state index contributed by atoms with van der Waals surface area (Å²) in [6.07, 6.45) is 7.48. The van der Waals surface area contributed by atoms with Crippen molar-refractivity contribution in [3.05, 3.63) is 32.1 Å². The summed E-state index contributed by atoms with van der Waals surface area (Å²) in [5, 5.41) is 12.3. The molecule has 1 amide bonds. The Hall–Kier alpha value is -2.66. The van der Waals surface area contributed by atoms with Crippen LogP contribution in [0.5, 0.6) is 0 Å². The maximum absolute atomic E-state index is 13.4. The van der Waals surface area contributed by atoms with E-state index in [0.717, 1.165) is 48.4 Å². The molecule has 1 fully saturated rings. The van der Waals surface area contributed by atoms with Crippen molar-refractivity contribution in [1.82, 2.24) is 19.7 Å². The van der Waals surface area contributed by atoms with Crippen molar-refractivity contribution in [2.24, 2.45) is 0 Å². The summed E-state index contributed by atoms with van der Waals surface area (Å²) in [6.45, 7) is 5.52. The molecule has 1 aliphatic rings. The monoisotopic (exact) mass is 489 g/mol. The zero-order valence-electron chi connectivity index (χ0n) is 18.9. The van der Waals surface area contributed by atoms with E-state index in [2.05, 4.69) is 20.5 Å². The molecule has 1 saturated carbocycles. The molecule has 0 aromatic carbocycles. The highest BCUT2D eigenvalue weighted by molar-refractivity contribution is 7.20. The van der Waals surface area contributed by atoms with Gasteiger partial charge in [0.25, 0.3) is 5.56 Å². The normalized spacial score (nSPS) is 15.5. The Morgan fingerprint density at radius 1 is 1.21 bits per heavy atom. The van der Waals surface area contributed by atoms with Crippen LogP contribution in [0.25, 0.3) is 10.2 Å². The van der Waals surface area contributed by atoms with Crippen LogP contribution < -0.4 is 10.9 Å². The molecule has 176 valence electrons. The summed E-state index contributed by atoms with van der Waals surface area (Å²) in [5.41, 5.74) is 0.202. The van der Waals surface area contributed by atoms with E-state index in [4.69, 9.17) is 4.74 Å². The summed E-state index contributed by atoms with van der Waals surface area (Å²) >= 11 is 2.47. The Balaban J connectivity index is 1.60. The molecule has 0 bridgehead atoms. The second kappa shape index (κ2) is 10.1. The summed E-state index contributed by atoms with van der Waals surface area (Å²) in [7, 11) is 0. The molecule has 0 radical (unpaired) electrons. The van der Waals surface area contributed by atoms with Crippen LogP contribution >= 0.6 is 22.7 Å². The molecule has 3 heterocycles. The van der Waals surface area contributed by atoms with Crippen molar-refractivity contribution in [1.29, 1.82) is 0 Å². The lowest BCUT2D eigenvalue weighted by molar-refractivity contribution is -0.119. The number of nitrogens with one attached hydrogen (secondary N) is 1. The third-order valence-corrected chi connectivity index (χ3v) is 8.07. The number of carbonyl (C=O) groups is 2. The predicted molar refractivity (Wildman–Crippen MR) is 128 cm³/mol. The summed E-state index contributed by atoms with van der Waals surface area (Å²) in [6, 6.07) is -0.764. The number of thiophene rings is 1. The first-order chi connectivity index (χ1) is 15.9. The summed E-state index contributed by atoms with van der Waals surface area (Å²) in [5.74, 6) is -0.759. The molecule has 0 aliphatic heterocycles. The second-order valence-corrected chi connectivity index (χ2v) is 10.2. The minimum atomic E-state index is -0.764. The van der Waals surface area contributed by atoms with Gasteiger partial charge in [-0.3, -0.25) is 19.5 Å². The number of esters is 1. The molecule has 1 N–H and O–H groups in total. The number of amides is 1. The van der Waals surface area contributed by atoms with E-state index >= 15 is 0 Å². The zero-order chi connectivity index (χ0) is 23.5. The van der Waals surface area contributed by atoms with E-state index in [0.29, 0.717) is 32.2 Å². The first-order valence-electron chi connectivity index (χ1n) is 11.3. The van der Waals surface area contributed by atoms with Gasteiger partial charge in [0.1, 0.15) is 26.9 Å². The highest BCUT2D eigenvalue weighted by Crippen LogP contribution is 2.30. The molecule has 0 saturated heterocycles. The Labute approximate surface area is 199 Å². The van der Waals surface area contributed by atoms with Gasteiger partial charge >= 0.3 is 5.97 Å². The molecule has 11 heteroatoms. The number of aryl methyl sites for hydroxylation is 2. The quantitative estimate of drug-likeness (QED) is 0.493. The number of hydrogen-bond donors (Lipinski definition) is 1. The first-order valence-corrected chi connectivity index (χ1v) is 12.9. The average molecular weight is 490 g/mol. The highest BCUT2D eigenvalue weighted by atomic mass is 32.1. The fourth-order valence-electron chi connectivity index (χ4n) is 4.09. The Morgan fingerprint density at radius 3 is 2.64 bits per heavy atom. The topological polar surface area (TPSA) is 116 Å². The number of fused-ring (bicyclic) bond motifs is 1. The fourth-order valence-corrected chi connectivity index (χ4v) is 5.79. The molecular formula is C22H27N5O4S2. The molecule has 3 aromatic heterocycles. The SMILES string of the molecule is CCc1nnc(NC(=O)C(CC)n2cnc3sc(C(=O)OC4CCCCC4)c(C)c3c2=O)s1. The van der Waals surface area contributed by atoms with E-state index in [-0.39, 0.29) is 17.6 Å². The number of nitrogens with zero attached hydrogens (tertiary/aromatic N) is 4. The molecule has 33 heavy (non-hydrogen) atoms. The third-order valence-electron chi connectivity index (χ3n) is 5.91. The van der Waals surface area contributed by atoms with Crippen LogP contribution in [0.3, 0.4) is 0 Å².